The molecule has 34 heavy (non-hydrogen) atoms. The van der Waals surface area contributed by atoms with E-state index in [9.17, 15) is 22.4 Å². The first-order chi connectivity index (χ1) is 16.3. The van der Waals surface area contributed by atoms with Crippen molar-refractivity contribution < 1.29 is 22.4 Å². The number of aryl methyl sites for hydroxylation is 1. The Morgan fingerprint density at radius 3 is 2.50 bits per heavy atom. The maximum atomic E-state index is 13.5. The molecule has 1 saturated heterocycles. The second-order valence-electron chi connectivity index (χ2n) is 7.83. The molecule has 0 spiro atoms. The number of hydrogen-bond acceptors (Lipinski definition) is 5. The highest BCUT2D eigenvalue weighted by molar-refractivity contribution is 7.89. The number of carbonyl (C=O) groups excluding carboxylic acids is 2. The van der Waals surface area contributed by atoms with Crippen molar-refractivity contribution in [3.05, 3.63) is 78.6 Å². The van der Waals surface area contributed by atoms with E-state index in [-0.39, 0.29) is 49.3 Å². The summed E-state index contributed by atoms with van der Waals surface area (Å²) in [7, 11) is -3.84. The average Bonchev–Trinajstić information content (AvgIpc) is 3.36. The number of anilines is 1. The number of amides is 2. The molecule has 0 unspecified atom stereocenters. The van der Waals surface area contributed by atoms with Crippen LogP contribution in [0.15, 0.2) is 72.1 Å². The summed E-state index contributed by atoms with van der Waals surface area (Å²) in [5.74, 6) is -1.06. The van der Waals surface area contributed by atoms with E-state index in [1.54, 1.807) is 52.5 Å². The molecule has 0 bridgehead atoms. The largest absolute Gasteiger partial charge is 0.337 e. The van der Waals surface area contributed by atoms with Gasteiger partial charge in [-0.15, -0.1) is 0 Å². The summed E-state index contributed by atoms with van der Waals surface area (Å²) in [6.07, 6.45) is 5.31. The number of aromatic nitrogens is 2. The molecule has 1 N–H and O–H groups in total. The predicted octanol–water partition coefficient (Wildman–Crippen LogP) is 2.20. The number of sulfonamides is 1. The number of nitrogens with one attached hydrogen (secondary N) is 1. The molecule has 11 heteroatoms. The zero-order chi connectivity index (χ0) is 24.1. The van der Waals surface area contributed by atoms with Crippen LogP contribution in [0.4, 0.5) is 10.1 Å². The molecule has 1 aliphatic heterocycles. The fraction of sp³-hybridized carbons (Fsp3) is 0.261. The van der Waals surface area contributed by atoms with E-state index >= 15 is 0 Å². The van der Waals surface area contributed by atoms with Gasteiger partial charge in [-0.3, -0.25) is 9.59 Å². The van der Waals surface area contributed by atoms with Crippen LogP contribution in [0.1, 0.15) is 16.8 Å². The molecule has 9 nitrogen and oxygen atoms in total. The number of carbonyl (C=O) groups is 2. The maximum absolute atomic E-state index is 13.5. The summed E-state index contributed by atoms with van der Waals surface area (Å²) in [6, 6.07) is 11.5. The number of piperazine rings is 1. The van der Waals surface area contributed by atoms with Crippen LogP contribution >= 0.6 is 0 Å². The molecule has 1 fully saturated rings. The van der Waals surface area contributed by atoms with Crippen molar-refractivity contribution in [2.24, 2.45) is 0 Å². The molecule has 1 aliphatic rings. The molecule has 1 aromatic heterocycles. The van der Waals surface area contributed by atoms with Crippen molar-refractivity contribution >= 4 is 27.5 Å². The minimum atomic E-state index is -3.84. The van der Waals surface area contributed by atoms with Gasteiger partial charge in [-0.25, -0.2) is 17.8 Å². The first kappa shape index (κ1) is 23.6. The van der Waals surface area contributed by atoms with Gasteiger partial charge in [0.15, 0.2) is 0 Å². The Bertz CT molecular complexity index is 1270. The molecule has 4 rings (SSSR count). The monoisotopic (exact) mass is 485 g/mol. The SMILES string of the molecule is O=C(CCn1ccnc1)Nc1cccc(C(=O)N2CCN(S(=O)(=O)c3cccc(F)c3)CC2)c1. The van der Waals surface area contributed by atoms with Gasteiger partial charge in [0.05, 0.1) is 11.2 Å². The Morgan fingerprint density at radius 1 is 1.03 bits per heavy atom. The lowest BCUT2D eigenvalue weighted by Crippen LogP contribution is -2.50. The van der Waals surface area contributed by atoms with Gasteiger partial charge in [0.25, 0.3) is 5.91 Å². The third kappa shape index (κ3) is 5.49. The van der Waals surface area contributed by atoms with Gasteiger partial charge >= 0.3 is 0 Å². The Kier molecular flexibility index (Phi) is 7.03. The van der Waals surface area contributed by atoms with Crippen molar-refractivity contribution in [1.29, 1.82) is 0 Å². The lowest BCUT2D eigenvalue weighted by Gasteiger charge is -2.34. The van der Waals surface area contributed by atoms with E-state index in [1.807, 2.05) is 0 Å². The summed E-state index contributed by atoms with van der Waals surface area (Å²) >= 11 is 0. The summed E-state index contributed by atoms with van der Waals surface area (Å²) in [5, 5.41) is 2.79. The molecular weight excluding hydrogens is 461 g/mol. The van der Waals surface area contributed by atoms with Crippen LogP contribution in [-0.4, -0.2) is 65.2 Å². The van der Waals surface area contributed by atoms with Crippen LogP contribution in [0.25, 0.3) is 0 Å². The topological polar surface area (TPSA) is 105 Å². The fourth-order valence-electron chi connectivity index (χ4n) is 3.69. The highest BCUT2D eigenvalue weighted by Gasteiger charge is 2.30. The molecular formula is C23H24FN5O4S. The van der Waals surface area contributed by atoms with Crippen LogP contribution in [0.2, 0.25) is 0 Å². The Morgan fingerprint density at radius 2 is 1.79 bits per heavy atom. The third-order valence-corrected chi connectivity index (χ3v) is 7.40. The van der Waals surface area contributed by atoms with Crippen molar-refractivity contribution in [2.45, 2.75) is 17.9 Å². The van der Waals surface area contributed by atoms with E-state index in [1.165, 1.54) is 22.5 Å². The first-order valence-electron chi connectivity index (χ1n) is 10.7. The number of hydrogen-bond donors (Lipinski definition) is 1. The van der Waals surface area contributed by atoms with Gasteiger partial charge in [0.1, 0.15) is 5.82 Å². The summed E-state index contributed by atoms with van der Waals surface area (Å²) in [6.45, 7) is 1.11. The zero-order valence-corrected chi connectivity index (χ0v) is 19.1. The van der Waals surface area contributed by atoms with E-state index in [0.717, 1.165) is 6.07 Å². The average molecular weight is 486 g/mol. The van der Waals surface area contributed by atoms with Crippen LogP contribution in [0.5, 0.6) is 0 Å². The Labute approximate surface area is 196 Å². The van der Waals surface area contributed by atoms with Crippen molar-refractivity contribution in [3.8, 4) is 0 Å². The van der Waals surface area contributed by atoms with Crippen molar-refractivity contribution in [3.63, 3.8) is 0 Å². The number of nitrogens with zero attached hydrogens (tertiary/aromatic N) is 4. The number of halogens is 1. The van der Waals surface area contributed by atoms with Crippen molar-refractivity contribution in [1.82, 2.24) is 18.8 Å². The normalized spacial score (nSPS) is 14.7. The molecule has 0 aliphatic carbocycles. The molecule has 0 saturated carbocycles. The second-order valence-corrected chi connectivity index (χ2v) is 9.77. The maximum Gasteiger partial charge on any atom is 0.254 e. The number of benzene rings is 2. The lowest BCUT2D eigenvalue weighted by atomic mass is 10.1. The predicted molar refractivity (Wildman–Crippen MR) is 123 cm³/mol. The lowest BCUT2D eigenvalue weighted by molar-refractivity contribution is -0.116. The molecule has 0 atom stereocenters. The van der Waals surface area contributed by atoms with Crippen LogP contribution in [0.3, 0.4) is 0 Å². The third-order valence-electron chi connectivity index (χ3n) is 5.51. The standard InChI is InChI=1S/C23H24FN5O4S/c24-19-4-2-6-21(16-19)34(32,33)29-13-11-28(12-14-29)23(31)18-3-1-5-20(15-18)26-22(30)7-9-27-10-8-25-17-27/h1-6,8,10,15-17H,7,9,11-14H2,(H,26,30). The molecule has 3 aromatic rings. The summed E-state index contributed by atoms with van der Waals surface area (Å²) < 4.78 is 42.1. The molecule has 0 radical (unpaired) electrons. The Hall–Kier alpha value is -3.57. The van der Waals surface area contributed by atoms with E-state index in [2.05, 4.69) is 10.3 Å². The first-order valence-corrected chi connectivity index (χ1v) is 12.2. The summed E-state index contributed by atoms with van der Waals surface area (Å²) in [5.41, 5.74) is 0.905. The van der Waals surface area contributed by atoms with E-state index in [0.29, 0.717) is 17.8 Å². The smallest absolute Gasteiger partial charge is 0.254 e. The van der Waals surface area contributed by atoms with E-state index < -0.39 is 15.8 Å². The highest BCUT2D eigenvalue weighted by atomic mass is 32.2. The van der Waals surface area contributed by atoms with Crippen molar-refractivity contribution in [2.75, 3.05) is 31.5 Å². The fourth-order valence-corrected chi connectivity index (χ4v) is 5.15. The second kappa shape index (κ2) is 10.1. The van der Waals surface area contributed by atoms with E-state index in [4.69, 9.17) is 0 Å². The number of imidazole rings is 1. The van der Waals surface area contributed by atoms with Crippen LogP contribution in [0, 0.1) is 5.82 Å². The number of rotatable bonds is 7. The van der Waals surface area contributed by atoms with Gasteiger partial charge in [-0.2, -0.15) is 4.31 Å². The molecule has 2 amide bonds. The van der Waals surface area contributed by atoms with Gasteiger partial charge in [-0.05, 0) is 36.4 Å². The molecule has 178 valence electrons. The van der Waals surface area contributed by atoms with Crippen LogP contribution < -0.4 is 5.32 Å². The molecule has 2 heterocycles. The van der Waals surface area contributed by atoms with Gasteiger partial charge in [-0.1, -0.05) is 12.1 Å². The summed E-state index contributed by atoms with van der Waals surface area (Å²) in [4.78, 5) is 30.6. The van der Waals surface area contributed by atoms with Crippen LogP contribution in [-0.2, 0) is 21.4 Å². The minimum Gasteiger partial charge on any atom is -0.337 e. The van der Waals surface area contributed by atoms with Gasteiger partial charge < -0.3 is 14.8 Å². The highest BCUT2D eigenvalue weighted by Crippen LogP contribution is 2.20. The Balaban J connectivity index is 1.34. The zero-order valence-electron chi connectivity index (χ0n) is 18.3. The minimum absolute atomic E-state index is 0.106. The van der Waals surface area contributed by atoms with Gasteiger partial charge in [0.2, 0.25) is 15.9 Å². The quantitative estimate of drug-likeness (QED) is 0.553. The molecule has 2 aromatic carbocycles. The van der Waals surface area contributed by atoms with Gasteiger partial charge in [0, 0.05) is 62.8 Å².